The summed E-state index contributed by atoms with van der Waals surface area (Å²) in [5.41, 5.74) is -1.52. The van der Waals surface area contributed by atoms with Crippen LogP contribution in [0.1, 0.15) is 5.56 Å². The van der Waals surface area contributed by atoms with Crippen molar-refractivity contribution in [2.75, 3.05) is 11.8 Å². The number of nitrogens with one attached hydrogen (secondary N) is 1. The Morgan fingerprint density at radius 3 is 2.41 bits per heavy atom. The minimum absolute atomic E-state index is 0.0386. The zero-order chi connectivity index (χ0) is 21.4. The number of nitro groups is 1. The summed E-state index contributed by atoms with van der Waals surface area (Å²) in [4.78, 5) is 10.7. The Morgan fingerprint density at radius 2 is 1.86 bits per heavy atom. The molecule has 29 heavy (non-hydrogen) atoms. The second kappa shape index (κ2) is 7.53. The van der Waals surface area contributed by atoms with E-state index < -0.39 is 29.6 Å². The minimum Gasteiger partial charge on any atom is -0.312 e. The van der Waals surface area contributed by atoms with Gasteiger partial charge in [0.25, 0.3) is 0 Å². The first-order valence-electron chi connectivity index (χ1n) is 8.01. The third kappa shape index (κ3) is 4.28. The summed E-state index contributed by atoms with van der Waals surface area (Å²) in [5, 5.41) is 18.0. The number of hydrogen-bond donors (Lipinski definition) is 1. The van der Waals surface area contributed by atoms with Gasteiger partial charge in [0, 0.05) is 12.0 Å². The molecule has 0 spiro atoms. The molecule has 1 atom stereocenters. The van der Waals surface area contributed by atoms with E-state index in [4.69, 9.17) is 11.6 Å². The Balaban J connectivity index is 2.11. The van der Waals surface area contributed by atoms with Crippen molar-refractivity contribution in [3.05, 3.63) is 75.4 Å². The Kier molecular flexibility index (Phi) is 5.42. The Bertz CT molecular complexity index is 1120. The van der Waals surface area contributed by atoms with Crippen LogP contribution in [0.4, 0.5) is 24.7 Å². The predicted octanol–water partition coefficient (Wildman–Crippen LogP) is 5.10. The molecule has 0 aliphatic heterocycles. The predicted molar refractivity (Wildman–Crippen MR) is 103 cm³/mol. The smallest absolute Gasteiger partial charge is 0.312 e. The van der Waals surface area contributed by atoms with Gasteiger partial charge in [-0.25, -0.2) is 4.68 Å². The fraction of sp³-hybridized carbons (Fsp3) is 0.118. The Hall–Kier alpha value is -2.84. The SMILES string of the molecule is CP(=O)(Nc1c([N+](=O)[O-])cnn1-c1ccc(C(F)(F)F)cc1Cl)c1ccccc1. The summed E-state index contributed by atoms with van der Waals surface area (Å²) in [6.07, 6.45) is -3.70. The van der Waals surface area contributed by atoms with E-state index in [1.165, 1.54) is 6.66 Å². The van der Waals surface area contributed by atoms with Crippen LogP contribution in [0, 0.1) is 10.1 Å². The zero-order valence-electron chi connectivity index (χ0n) is 14.7. The van der Waals surface area contributed by atoms with Crippen LogP contribution in [-0.2, 0) is 10.7 Å². The number of alkyl halides is 3. The van der Waals surface area contributed by atoms with Gasteiger partial charge in [0.05, 0.1) is 21.2 Å². The molecular formula is C17H13ClF3N4O3P. The maximum Gasteiger partial charge on any atom is 0.416 e. The summed E-state index contributed by atoms with van der Waals surface area (Å²) in [5.74, 6) is -0.258. The highest BCUT2D eigenvalue weighted by Crippen LogP contribution is 2.44. The van der Waals surface area contributed by atoms with E-state index in [0.717, 1.165) is 23.0 Å². The third-order valence-corrected chi connectivity index (χ3v) is 6.24. The molecule has 3 rings (SSSR count). The fourth-order valence-electron chi connectivity index (χ4n) is 2.59. The number of hydrogen-bond acceptors (Lipinski definition) is 4. The molecule has 0 bridgehead atoms. The van der Waals surface area contributed by atoms with Crippen LogP contribution in [0.25, 0.3) is 5.69 Å². The maximum atomic E-state index is 13.2. The number of aromatic nitrogens is 2. The average Bonchev–Trinajstić information content (AvgIpc) is 3.04. The first-order valence-corrected chi connectivity index (χ1v) is 10.5. The fourth-order valence-corrected chi connectivity index (χ4v) is 4.34. The summed E-state index contributed by atoms with van der Waals surface area (Å²) >= 11 is 5.99. The van der Waals surface area contributed by atoms with E-state index in [1.54, 1.807) is 30.3 Å². The lowest BCUT2D eigenvalue weighted by Crippen LogP contribution is -2.14. The molecule has 0 aliphatic rings. The number of benzene rings is 2. The van der Waals surface area contributed by atoms with Crippen molar-refractivity contribution in [2.24, 2.45) is 0 Å². The lowest BCUT2D eigenvalue weighted by atomic mass is 10.2. The number of rotatable bonds is 5. The molecule has 0 saturated heterocycles. The summed E-state index contributed by atoms with van der Waals surface area (Å²) in [6, 6.07) is 10.7. The monoisotopic (exact) mass is 444 g/mol. The lowest BCUT2D eigenvalue weighted by Gasteiger charge is -2.18. The van der Waals surface area contributed by atoms with Crippen molar-refractivity contribution < 1.29 is 22.7 Å². The van der Waals surface area contributed by atoms with Crippen LogP contribution in [-0.4, -0.2) is 21.4 Å². The van der Waals surface area contributed by atoms with Crippen molar-refractivity contribution in [3.8, 4) is 5.69 Å². The number of halogens is 4. The second-order valence-electron chi connectivity index (χ2n) is 6.08. The minimum atomic E-state index is -4.61. The van der Waals surface area contributed by atoms with Crippen LogP contribution in [0.15, 0.2) is 54.7 Å². The summed E-state index contributed by atoms with van der Waals surface area (Å²) in [6.45, 7) is 1.37. The van der Waals surface area contributed by atoms with Crippen molar-refractivity contribution in [1.29, 1.82) is 0 Å². The molecule has 152 valence electrons. The molecule has 0 saturated carbocycles. The second-order valence-corrected chi connectivity index (χ2v) is 9.08. The highest BCUT2D eigenvalue weighted by atomic mass is 35.5. The van der Waals surface area contributed by atoms with Crippen LogP contribution < -0.4 is 10.4 Å². The zero-order valence-corrected chi connectivity index (χ0v) is 16.4. The largest absolute Gasteiger partial charge is 0.416 e. The molecule has 1 aromatic heterocycles. The molecule has 7 nitrogen and oxygen atoms in total. The van der Waals surface area contributed by atoms with Crippen LogP contribution in [0.3, 0.4) is 0 Å². The lowest BCUT2D eigenvalue weighted by molar-refractivity contribution is -0.383. The van der Waals surface area contributed by atoms with Gasteiger partial charge in [0.15, 0.2) is 7.29 Å². The van der Waals surface area contributed by atoms with Crippen LogP contribution >= 0.6 is 18.9 Å². The van der Waals surface area contributed by atoms with Gasteiger partial charge in [-0.2, -0.15) is 18.3 Å². The highest BCUT2D eigenvalue weighted by molar-refractivity contribution is 7.72. The molecule has 3 aromatic rings. The highest BCUT2D eigenvalue weighted by Gasteiger charge is 2.32. The molecule has 0 aliphatic carbocycles. The van der Waals surface area contributed by atoms with Crippen molar-refractivity contribution in [1.82, 2.24) is 9.78 Å². The average molecular weight is 445 g/mol. The number of anilines is 1. The quantitative estimate of drug-likeness (QED) is 0.336. The first-order chi connectivity index (χ1) is 13.5. The molecule has 1 N–H and O–H groups in total. The van der Waals surface area contributed by atoms with Gasteiger partial charge < -0.3 is 5.09 Å². The molecule has 0 radical (unpaired) electrons. The first kappa shape index (κ1) is 20.9. The van der Waals surface area contributed by atoms with Crippen molar-refractivity contribution >= 4 is 35.7 Å². The number of nitrogens with zero attached hydrogens (tertiary/aromatic N) is 3. The summed E-state index contributed by atoms with van der Waals surface area (Å²) < 4.78 is 52.8. The van der Waals surface area contributed by atoms with E-state index in [9.17, 15) is 27.9 Å². The van der Waals surface area contributed by atoms with Gasteiger partial charge in [-0.1, -0.05) is 29.8 Å². The van der Waals surface area contributed by atoms with Gasteiger partial charge in [-0.3, -0.25) is 14.7 Å². The van der Waals surface area contributed by atoms with Crippen LogP contribution in [0.5, 0.6) is 0 Å². The van der Waals surface area contributed by atoms with E-state index >= 15 is 0 Å². The molecule has 1 unspecified atom stereocenters. The van der Waals surface area contributed by atoms with Crippen LogP contribution in [0.2, 0.25) is 5.02 Å². The summed E-state index contributed by atoms with van der Waals surface area (Å²) in [7, 11) is -3.34. The molecule has 0 amide bonds. The van der Waals surface area contributed by atoms with Gasteiger partial charge >= 0.3 is 11.9 Å². The van der Waals surface area contributed by atoms with E-state index in [-0.39, 0.29) is 16.5 Å². The maximum absolute atomic E-state index is 13.2. The molecular weight excluding hydrogens is 432 g/mol. The van der Waals surface area contributed by atoms with Crippen molar-refractivity contribution in [3.63, 3.8) is 0 Å². The molecule has 0 fully saturated rings. The topological polar surface area (TPSA) is 90.1 Å². The van der Waals surface area contributed by atoms with Crippen molar-refractivity contribution in [2.45, 2.75) is 6.18 Å². The standard InChI is InChI=1S/C17H13ClF3N4O3P/c1-29(28,12-5-3-2-4-6-12)23-16-15(25(26)27)10-22-24(16)14-8-7-11(9-13(14)18)17(19,20)21/h2-10H,1H3,(H,23,28). The Labute approximate surface area is 167 Å². The molecule has 1 heterocycles. The normalized spacial score (nSPS) is 13.7. The third-order valence-electron chi connectivity index (χ3n) is 4.02. The van der Waals surface area contributed by atoms with Gasteiger partial charge in [0.2, 0.25) is 5.82 Å². The Morgan fingerprint density at radius 1 is 1.21 bits per heavy atom. The molecule has 12 heteroatoms. The molecule has 2 aromatic carbocycles. The van der Waals surface area contributed by atoms with E-state index in [1.807, 2.05) is 0 Å². The van der Waals surface area contributed by atoms with Gasteiger partial charge in [-0.15, -0.1) is 0 Å². The van der Waals surface area contributed by atoms with Gasteiger partial charge in [-0.05, 0) is 30.3 Å². The van der Waals surface area contributed by atoms with E-state index in [2.05, 4.69) is 10.2 Å². The van der Waals surface area contributed by atoms with E-state index in [0.29, 0.717) is 11.4 Å². The van der Waals surface area contributed by atoms with Gasteiger partial charge in [0.1, 0.15) is 6.20 Å².